The zero-order valence-corrected chi connectivity index (χ0v) is 8.15. The van der Waals surface area contributed by atoms with Crippen LogP contribution in [0.15, 0.2) is 18.2 Å². The predicted octanol–water partition coefficient (Wildman–Crippen LogP) is -0.00460. The Bertz CT molecular complexity index is 444. The number of urea groups is 2. The first-order chi connectivity index (χ1) is 7.56. The number of rotatable bonds is 1. The van der Waals surface area contributed by atoms with Crippen molar-refractivity contribution in [3.63, 3.8) is 0 Å². The molecule has 4 amide bonds. The van der Waals surface area contributed by atoms with E-state index in [1.807, 2.05) is 5.32 Å². The second kappa shape index (κ2) is 3.61. The third kappa shape index (κ3) is 1.83. The van der Waals surface area contributed by atoms with Crippen molar-refractivity contribution < 1.29 is 14.7 Å². The maximum atomic E-state index is 11.0. The number of nitrogen functional groups attached to an aromatic ring is 1. The lowest BCUT2D eigenvalue weighted by atomic mass is 10.1. The minimum absolute atomic E-state index is 0.0903. The third-order valence-electron chi connectivity index (χ3n) is 2.14. The molecule has 1 saturated heterocycles. The molecule has 0 bridgehead atoms. The maximum Gasteiger partial charge on any atom is 0.324 e. The van der Waals surface area contributed by atoms with E-state index < -0.39 is 18.2 Å². The predicted molar refractivity (Wildman–Crippen MR) is 55.5 cm³/mol. The molecular formula is C9H10N4O3. The Morgan fingerprint density at radius 1 is 1.19 bits per heavy atom. The van der Waals surface area contributed by atoms with Gasteiger partial charge in [0.05, 0.1) is 0 Å². The number of carbonyl (C=O) groups excluding carboxylic acids is 2. The van der Waals surface area contributed by atoms with Crippen LogP contribution in [0.2, 0.25) is 0 Å². The molecule has 0 aromatic heterocycles. The first kappa shape index (κ1) is 10.1. The molecule has 7 nitrogen and oxygen atoms in total. The van der Waals surface area contributed by atoms with Gasteiger partial charge >= 0.3 is 12.1 Å². The number of nitrogens with one attached hydrogen (secondary N) is 3. The van der Waals surface area contributed by atoms with Crippen LogP contribution in [0, 0.1) is 0 Å². The first-order valence-corrected chi connectivity index (χ1v) is 4.52. The van der Waals surface area contributed by atoms with Crippen LogP contribution in [0.3, 0.4) is 0 Å². The SMILES string of the molecule is Nc1ccc(C2NC(=O)NC(=O)N2)c(O)c1. The van der Waals surface area contributed by atoms with Crippen molar-refractivity contribution in [1.82, 2.24) is 16.0 Å². The van der Waals surface area contributed by atoms with E-state index in [0.29, 0.717) is 11.3 Å². The molecule has 16 heavy (non-hydrogen) atoms. The van der Waals surface area contributed by atoms with Crippen molar-refractivity contribution in [2.45, 2.75) is 6.17 Å². The molecule has 0 spiro atoms. The Morgan fingerprint density at radius 3 is 2.38 bits per heavy atom. The van der Waals surface area contributed by atoms with Gasteiger partial charge in [0.1, 0.15) is 11.9 Å². The van der Waals surface area contributed by atoms with Crippen LogP contribution < -0.4 is 21.7 Å². The largest absolute Gasteiger partial charge is 0.507 e. The van der Waals surface area contributed by atoms with E-state index >= 15 is 0 Å². The van der Waals surface area contributed by atoms with E-state index in [1.165, 1.54) is 12.1 Å². The average Bonchev–Trinajstić information content (AvgIpc) is 2.15. The van der Waals surface area contributed by atoms with Gasteiger partial charge in [0, 0.05) is 17.3 Å². The zero-order chi connectivity index (χ0) is 11.7. The Kier molecular flexibility index (Phi) is 2.28. The van der Waals surface area contributed by atoms with Gasteiger partial charge in [-0.15, -0.1) is 0 Å². The Balaban J connectivity index is 2.29. The molecule has 1 fully saturated rings. The van der Waals surface area contributed by atoms with E-state index in [9.17, 15) is 14.7 Å². The van der Waals surface area contributed by atoms with Gasteiger partial charge in [-0.1, -0.05) is 0 Å². The number of benzene rings is 1. The van der Waals surface area contributed by atoms with Gasteiger partial charge in [-0.3, -0.25) is 5.32 Å². The minimum Gasteiger partial charge on any atom is -0.507 e. The summed E-state index contributed by atoms with van der Waals surface area (Å²) in [5.41, 5.74) is 6.23. The standard InChI is InChI=1S/C9H10N4O3/c10-4-1-2-5(6(14)3-4)7-11-8(15)13-9(16)12-7/h1-3,7,14H,10H2,(H3,11,12,13,15,16). The number of aromatic hydroxyl groups is 1. The highest BCUT2D eigenvalue weighted by molar-refractivity contribution is 5.96. The molecule has 7 heteroatoms. The van der Waals surface area contributed by atoms with Gasteiger partial charge in [-0.25, -0.2) is 9.59 Å². The van der Waals surface area contributed by atoms with Crippen LogP contribution in [0.4, 0.5) is 15.3 Å². The quantitative estimate of drug-likeness (QED) is 0.430. The van der Waals surface area contributed by atoms with Crippen LogP contribution in [0.1, 0.15) is 11.7 Å². The number of phenolic OH excluding ortho intramolecular Hbond substituents is 1. The van der Waals surface area contributed by atoms with Gasteiger partial charge in [0.25, 0.3) is 0 Å². The van der Waals surface area contributed by atoms with Gasteiger partial charge < -0.3 is 21.5 Å². The monoisotopic (exact) mass is 222 g/mol. The summed E-state index contributed by atoms with van der Waals surface area (Å²) in [6.45, 7) is 0. The van der Waals surface area contributed by atoms with Crippen LogP contribution >= 0.6 is 0 Å². The molecule has 1 aliphatic rings. The molecule has 0 aliphatic carbocycles. The lowest BCUT2D eigenvalue weighted by Gasteiger charge is -2.25. The average molecular weight is 222 g/mol. The van der Waals surface area contributed by atoms with E-state index in [2.05, 4.69) is 10.6 Å². The second-order valence-corrected chi connectivity index (χ2v) is 3.32. The summed E-state index contributed by atoms with van der Waals surface area (Å²) >= 11 is 0. The molecule has 0 saturated carbocycles. The summed E-state index contributed by atoms with van der Waals surface area (Å²) in [7, 11) is 0. The fourth-order valence-electron chi connectivity index (χ4n) is 1.43. The topological polar surface area (TPSA) is 116 Å². The van der Waals surface area contributed by atoms with Crippen LogP contribution in [-0.2, 0) is 0 Å². The summed E-state index contributed by atoms with van der Waals surface area (Å²) in [5.74, 6) is -0.0903. The van der Waals surface area contributed by atoms with E-state index in [4.69, 9.17) is 5.73 Å². The maximum absolute atomic E-state index is 11.0. The van der Waals surface area contributed by atoms with Gasteiger partial charge in [-0.05, 0) is 12.1 Å². The molecule has 6 N–H and O–H groups in total. The van der Waals surface area contributed by atoms with Gasteiger partial charge in [-0.2, -0.15) is 0 Å². The van der Waals surface area contributed by atoms with Gasteiger partial charge in [0.15, 0.2) is 0 Å². The third-order valence-corrected chi connectivity index (χ3v) is 2.14. The molecular weight excluding hydrogens is 212 g/mol. The van der Waals surface area contributed by atoms with Crippen LogP contribution in [0.25, 0.3) is 0 Å². The zero-order valence-electron chi connectivity index (χ0n) is 8.15. The first-order valence-electron chi connectivity index (χ1n) is 4.52. The summed E-state index contributed by atoms with van der Waals surface area (Å²) in [5, 5.41) is 16.5. The van der Waals surface area contributed by atoms with Crippen molar-refractivity contribution in [2.75, 3.05) is 5.73 Å². The number of phenols is 1. The molecule has 1 aromatic carbocycles. The molecule has 1 heterocycles. The molecule has 84 valence electrons. The summed E-state index contributed by atoms with van der Waals surface area (Å²) in [6.07, 6.45) is -0.762. The van der Waals surface area contributed by atoms with Gasteiger partial charge in [0.2, 0.25) is 0 Å². The number of anilines is 1. The lowest BCUT2D eigenvalue weighted by molar-refractivity contribution is 0.209. The molecule has 2 rings (SSSR count). The summed E-state index contributed by atoms with van der Waals surface area (Å²) < 4.78 is 0. The van der Waals surface area contributed by atoms with E-state index in [-0.39, 0.29) is 5.75 Å². The summed E-state index contributed by atoms with van der Waals surface area (Å²) in [6, 6.07) is 3.20. The van der Waals surface area contributed by atoms with Crippen molar-refractivity contribution in [3.8, 4) is 5.75 Å². The molecule has 0 atom stereocenters. The molecule has 0 unspecified atom stereocenters. The molecule has 1 aromatic rings. The van der Waals surface area contributed by atoms with E-state index in [1.54, 1.807) is 6.07 Å². The highest BCUT2D eigenvalue weighted by Gasteiger charge is 2.25. The number of hydrogen-bond acceptors (Lipinski definition) is 4. The Labute approximate surface area is 90.6 Å². The molecule has 0 radical (unpaired) electrons. The van der Waals surface area contributed by atoms with Crippen LogP contribution in [-0.4, -0.2) is 17.2 Å². The molecule has 1 aliphatic heterocycles. The highest BCUT2D eigenvalue weighted by Crippen LogP contribution is 2.25. The number of carbonyl (C=O) groups is 2. The van der Waals surface area contributed by atoms with Crippen molar-refractivity contribution in [2.24, 2.45) is 0 Å². The number of nitrogens with two attached hydrogens (primary N) is 1. The smallest absolute Gasteiger partial charge is 0.324 e. The highest BCUT2D eigenvalue weighted by atomic mass is 16.3. The van der Waals surface area contributed by atoms with Crippen molar-refractivity contribution in [3.05, 3.63) is 23.8 Å². The van der Waals surface area contributed by atoms with Crippen molar-refractivity contribution in [1.29, 1.82) is 0 Å². The van der Waals surface area contributed by atoms with E-state index in [0.717, 1.165) is 0 Å². The Morgan fingerprint density at radius 2 is 1.81 bits per heavy atom. The normalized spacial score (nSPS) is 16.2. The number of amides is 4. The lowest BCUT2D eigenvalue weighted by Crippen LogP contribution is -2.56. The summed E-state index contributed by atoms with van der Waals surface area (Å²) in [4.78, 5) is 22.1. The fraction of sp³-hybridized carbons (Fsp3) is 0.111. The second-order valence-electron chi connectivity index (χ2n) is 3.32. The minimum atomic E-state index is -0.762. The number of hydrogen-bond donors (Lipinski definition) is 5. The van der Waals surface area contributed by atoms with Crippen LogP contribution in [0.5, 0.6) is 5.75 Å². The fourth-order valence-corrected chi connectivity index (χ4v) is 1.43. The number of imide groups is 1. The van der Waals surface area contributed by atoms with Crippen molar-refractivity contribution >= 4 is 17.7 Å². The Hall–Kier alpha value is -2.44.